The average Bonchev–Trinajstić information content (AvgIpc) is 2.43. The van der Waals surface area contributed by atoms with Crippen molar-refractivity contribution in [1.82, 2.24) is 0 Å². The number of carboxylic acids is 1. The van der Waals surface area contributed by atoms with Crippen LogP contribution in [-0.2, 0) is 23.8 Å². The Labute approximate surface area is 117 Å². The molecule has 8 heteroatoms. The summed E-state index contributed by atoms with van der Waals surface area (Å²) >= 11 is 0. The largest absolute Gasteiger partial charge is 0.478 e. The number of aliphatic hydroxyl groups excluding tert-OH is 2. The first-order valence-corrected chi connectivity index (χ1v) is 5.97. The number of aliphatic carboxylic acids is 1. The molecule has 0 bridgehead atoms. The molecule has 0 amide bonds. The second-order valence-electron chi connectivity index (χ2n) is 3.25. The molecule has 0 heterocycles. The van der Waals surface area contributed by atoms with Crippen LogP contribution in [0, 0.1) is 0 Å². The van der Waals surface area contributed by atoms with Crippen molar-refractivity contribution < 1.29 is 39.1 Å². The molecule has 0 aliphatic carbocycles. The van der Waals surface area contributed by atoms with Crippen molar-refractivity contribution in [2.24, 2.45) is 0 Å². The minimum Gasteiger partial charge on any atom is -0.478 e. The van der Waals surface area contributed by atoms with Crippen molar-refractivity contribution in [3.05, 3.63) is 12.7 Å². The van der Waals surface area contributed by atoms with Crippen molar-refractivity contribution in [2.45, 2.75) is 19.6 Å². The summed E-state index contributed by atoms with van der Waals surface area (Å²) in [4.78, 5) is 20.0. The topological polar surface area (TPSA) is 123 Å². The number of hydrogen-bond acceptors (Lipinski definition) is 7. The highest BCUT2D eigenvalue weighted by molar-refractivity contribution is 5.78. The lowest BCUT2D eigenvalue weighted by atomic mass is 10.5. The van der Waals surface area contributed by atoms with Crippen LogP contribution in [0.25, 0.3) is 0 Å². The first-order valence-electron chi connectivity index (χ1n) is 5.97. The van der Waals surface area contributed by atoms with E-state index in [1.807, 2.05) is 0 Å². The fourth-order valence-electron chi connectivity index (χ4n) is 0.738. The van der Waals surface area contributed by atoms with Gasteiger partial charge in [0.1, 0.15) is 6.61 Å². The second kappa shape index (κ2) is 15.6. The third kappa shape index (κ3) is 18.9. The Morgan fingerprint density at radius 3 is 2.25 bits per heavy atom. The third-order valence-corrected chi connectivity index (χ3v) is 1.60. The molecule has 0 aliphatic rings. The van der Waals surface area contributed by atoms with Crippen LogP contribution in [-0.4, -0.2) is 66.6 Å². The standard InChI is InChI=1S/C9H18O6.C3H4O2/c1-2-8(11)15-9(12)7-14-6-5-13-4-3-10;1-2-3(4)5/h9-10,12H,2-7H2,1H3;2H,1H2,(H,4,5). The van der Waals surface area contributed by atoms with Crippen molar-refractivity contribution in [3.63, 3.8) is 0 Å². The van der Waals surface area contributed by atoms with Gasteiger partial charge in [0.15, 0.2) is 0 Å². The van der Waals surface area contributed by atoms with Gasteiger partial charge in [-0.25, -0.2) is 4.79 Å². The van der Waals surface area contributed by atoms with Crippen molar-refractivity contribution in [2.75, 3.05) is 33.0 Å². The Kier molecular flexibility index (Phi) is 16.2. The van der Waals surface area contributed by atoms with E-state index in [4.69, 9.17) is 24.8 Å². The monoisotopic (exact) mass is 294 g/mol. The molecule has 0 aromatic heterocycles. The van der Waals surface area contributed by atoms with E-state index in [0.717, 1.165) is 6.08 Å². The predicted molar refractivity (Wildman–Crippen MR) is 68.9 cm³/mol. The zero-order chi connectivity index (χ0) is 15.8. The lowest BCUT2D eigenvalue weighted by molar-refractivity contribution is -0.177. The molecule has 0 aromatic carbocycles. The van der Waals surface area contributed by atoms with Crippen LogP contribution in [0.3, 0.4) is 0 Å². The Hall–Kier alpha value is -1.48. The van der Waals surface area contributed by atoms with Crippen molar-refractivity contribution in [1.29, 1.82) is 0 Å². The maximum atomic E-state index is 10.7. The van der Waals surface area contributed by atoms with Crippen molar-refractivity contribution >= 4 is 11.9 Å². The van der Waals surface area contributed by atoms with Gasteiger partial charge in [-0.05, 0) is 0 Å². The summed E-state index contributed by atoms with van der Waals surface area (Å²) in [5.41, 5.74) is 0. The molecule has 8 nitrogen and oxygen atoms in total. The normalized spacial score (nSPS) is 10.9. The first kappa shape index (κ1) is 20.8. The molecule has 0 aromatic rings. The van der Waals surface area contributed by atoms with Crippen LogP contribution in [0.2, 0.25) is 0 Å². The number of carboxylic acid groups (broad SMARTS) is 1. The SMILES string of the molecule is C=CC(=O)O.CCC(=O)OC(O)COCCOCCO. The number of rotatable bonds is 10. The number of ether oxygens (including phenoxy) is 3. The molecule has 0 spiro atoms. The zero-order valence-electron chi connectivity index (χ0n) is 11.5. The zero-order valence-corrected chi connectivity index (χ0v) is 11.5. The third-order valence-electron chi connectivity index (χ3n) is 1.60. The Bertz CT molecular complexity index is 266. The van der Waals surface area contributed by atoms with Gasteiger partial charge in [0.2, 0.25) is 6.29 Å². The maximum Gasteiger partial charge on any atom is 0.327 e. The van der Waals surface area contributed by atoms with Crippen LogP contribution in [0.4, 0.5) is 0 Å². The Balaban J connectivity index is 0. The van der Waals surface area contributed by atoms with Gasteiger partial charge >= 0.3 is 11.9 Å². The molecule has 0 saturated heterocycles. The molecular formula is C12H22O8. The van der Waals surface area contributed by atoms with Crippen LogP contribution in [0.15, 0.2) is 12.7 Å². The molecule has 3 N–H and O–H groups in total. The van der Waals surface area contributed by atoms with Crippen LogP contribution in [0.5, 0.6) is 0 Å². The van der Waals surface area contributed by atoms with Gasteiger partial charge in [-0.3, -0.25) is 4.79 Å². The van der Waals surface area contributed by atoms with Gasteiger partial charge in [0.05, 0.1) is 26.4 Å². The van der Waals surface area contributed by atoms with Gasteiger partial charge in [0, 0.05) is 12.5 Å². The number of esters is 1. The second-order valence-corrected chi connectivity index (χ2v) is 3.25. The first-order chi connectivity index (χ1) is 9.47. The lowest BCUT2D eigenvalue weighted by Gasteiger charge is -2.11. The molecule has 1 atom stereocenters. The van der Waals surface area contributed by atoms with E-state index in [1.165, 1.54) is 0 Å². The lowest BCUT2D eigenvalue weighted by Crippen LogP contribution is -2.23. The Morgan fingerprint density at radius 2 is 1.80 bits per heavy atom. The van der Waals surface area contributed by atoms with Crippen LogP contribution in [0.1, 0.15) is 13.3 Å². The number of aliphatic hydroxyl groups is 2. The summed E-state index contributed by atoms with van der Waals surface area (Å²) in [6.45, 7) is 5.36. The van der Waals surface area contributed by atoms with E-state index in [-0.39, 0.29) is 32.8 Å². The summed E-state index contributed by atoms with van der Waals surface area (Å²) < 4.78 is 14.4. The molecular weight excluding hydrogens is 272 g/mol. The maximum absolute atomic E-state index is 10.7. The van der Waals surface area contributed by atoms with Gasteiger partial charge in [-0.2, -0.15) is 0 Å². The number of carbonyl (C=O) groups excluding carboxylic acids is 1. The van der Waals surface area contributed by atoms with E-state index in [9.17, 15) is 9.59 Å². The molecule has 118 valence electrons. The van der Waals surface area contributed by atoms with E-state index >= 15 is 0 Å². The number of hydrogen-bond donors (Lipinski definition) is 3. The Morgan fingerprint density at radius 1 is 1.25 bits per heavy atom. The van der Waals surface area contributed by atoms with Crippen molar-refractivity contribution in [3.8, 4) is 0 Å². The molecule has 0 saturated carbocycles. The summed E-state index contributed by atoms with van der Waals surface area (Å²) in [6.07, 6.45) is -0.174. The molecule has 0 radical (unpaired) electrons. The van der Waals surface area contributed by atoms with E-state index in [2.05, 4.69) is 11.3 Å². The minimum absolute atomic E-state index is 0.0310. The molecule has 1 unspecified atom stereocenters. The summed E-state index contributed by atoms with van der Waals surface area (Å²) in [7, 11) is 0. The van der Waals surface area contributed by atoms with Gasteiger partial charge in [-0.1, -0.05) is 13.5 Å². The minimum atomic E-state index is -1.23. The summed E-state index contributed by atoms with van der Waals surface area (Å²) in [5.74, 6) is -1.45. The molecule has 20 heavy (non-hydrogen) atoms. The molecule has 0 fully saturated rings. The molecule has 0 aliphatic heterocycles. The number of carbonyl (C=O) groups is 2. The highest BCUT2D eigenvalue weighted by atomic mass is 16.7. The smallest absolute Gasteiger partial charge is 0.327 e. The van der Waals surface area contributed by atoms with E-state index in [1.54, 1.807) is 6.92 Å². The predicted octanol–water partition coefficient (Wildman–Crippen LogP) is -0.459. The summed E-state index contributed by atoms with van der Waals surface area (Å²) in [6, 6.07) is 0. The highest BCUT2D eigenvalue weighted by Crippen LogP contribution is 1.92. The molecule has 0 rings (SSSR count). The highest BCUT2D eigenvalue weighted by Gasteiger charge is 2.08. The van der Waals surface area contributed by atoms with Gasteiger partial charge in [0.25, 0.3) is 0 Å². The fourth-order valence-corrected chi connectivity index (χ4v) is 0.738. The van der Waals surface area contributed by atoms with E-state index < -0.39 is 18.2 Å². The van der Waals surface area contributed by atoms with Crippen LogP contribution < -0.4 is 0 Å². The van der Waals surface area contributed by atoms with Gasteiger partial charge in [-0.15, -0.1) is 0 Å². The summed E-state index contributed by atoms with van der Waals surface area (Å²) in [5, 5.41) is 25.1. The quantitative estimate of drug-likeness (QED) is 0.214. The fraction of sp³-hybridized carbons (Fsp3) is 0.667. The average molecular weight is 294 g/mol. The van der Waals surface area contributed by atoms with E-state index in [0.29, 0.717) is 6.61 Å². The van der Waals surface area contributed by atoms with Gasteiger partial charge < -0.3 is 29.5 Å². The van der Waals surface area contributed by atoms with Crippen LogP contribution >= 0.6 is 0 Å².